The smallest absolute Gasteiger partial charge is 0.328 e. The van der Waals surface area contributed by atoms with Crippen molar-refractivity contribution in [2.45, 2.75) is 32.7 Å². The number of hydrogen-bond acceptors (Lipinski definition) is 3. The van der Waals surface area contributed by atoms with Gasteiger partial charge in [-0.3, -0.25) is 0 Å². The Hall–Kier alpha value is -1.75. The maximum atomic E-state index is 12.3. The number of amides is 2. The number of likely N-dealkylation sites (tertiary alicyclic amines) is 1. The van der Waals surface area contributed by atoms with E-state index in [9.17, 15) is 9.59 Å². The van der Waals surface area contributed by atoms with Gasteiger partial charge in [0.2, 0.25) is 0 Å². The third kappa shape index (κ3) is 3.67. The zero-order valence-corrected chi connectivity index (χ0v) is 12.9. The molecule has 21 heavy (non-hydrogen) atoms. The van der Waals surface area contributed by atoms with E-state index in [4.69, 9.17) is 16.3 Å². The fraction of sp³-hybridized carbons (Fsp3) is 0.467. The van der Waals surface area contributed by atoms with Gasteiger partial charge in [-0.1, -0.05) is 17.7 Å². The summed E-state index contributed by atoms with van der Waals surface area (Å²) in [5.41, 5.74) is 1.56. The van der Waals surface area contributed by atoms with E-state index < -0.39 is 6.04 Å². The van der Waals surface area contributed by atoms with Gasteiger partial charge in [-0.25, -0.2) is 9.59 Å². The van der Waals surface area contributed by atoms with Gasteiger partial charge in [0.25, 0.3) is 0 Å². The predicted molar refractivity (Wildman–Crippen MR) is 81.6 cm³/mol. The number of ether oxygens (including phenoxy) is 1. The summed E-state index contributed by atoms with van der Waals surface area (Å²) < 4.78 is 5.01. The summed E-state index contributed by atoms with van der Waals surface area (Å²) in [4.78, 5) is 25.7. The van der Waals surface area contributed by atoms with Crippen LogP contribution in [-0.2, 0) is 9.53 Å². The lowest BCUT2D eigenvalue weighted by Gasteiger charge is -2.23. The van der Waals surface area contributed by atoms with E-state index in [0.717, 1.165) is 12.0 Å². The van der Waals surface area contributed by atoms with Crippen LogP contribution in [0.25, 0.3) is 0 Å². The van der Waals surface area contributed by atoms with Crippen molar-refractivity contribution >= 4 is 29.3 Å². The number of carbonyl (C=O) groups is 2. The number of anilines is 1. The van der Waals surface area contributed by atoms with E-state index in [2.05, 4.69) is 5.32 Å². The van der Waals surface area contributed by atoms with Gasteiger partial charge in [0, 0.05) is 17.3 Å². The Morgan fingerprint density at radius 2 is 2.24 bits per heavy atom. The normalized spacial score (nSPS) is 17.7. The molecule has 1 saturated heterocycles. The molecule has 1 heterocycles. The van der Waals surface area contributed by atoms with Gasteiger partial charge in [0.05, 0.1) is 6.61 Å². The number of esters is 1. The fourth-order valence-electron chi connectivity index (χ4n) is 2.36. The molecule has 1 N–H and O–H groups in total. The molecular formula is C15H19ClN2O3. The largest absolute Gasteiger partial charge is 0.464 e. The standard InChI is InChI=1S/C15H19ClN2O3/c1-3-21-14(19)13-5-4-8-18(13)15(20)17-11-7-6-10(2)12(16)9-11/h6-7,9,13H,3-5,8H2,1-2H3,(H,17,20). The number of benzene rings is 1. The molecule has 0 bridgehead atoms. The summed E-state index contributed by atoms with van der Waals surface area (Å²) in [5, 5.41) is 3.37. The minimum Gasteiger partial charge on any atom is -0.464 e. The molecule has 1 fully saturated rings. The summed E-state index contributed by atoms with van der Waals surface area (Å²) in [5.74, 6) is -0.341. The second-order valence-corrected chi connectivity index (χ2v) is 5.40. The number of halogens is 1. The molecule has 2 rings (SSSR count). The Balaban J connectivity index is 2.04. The Labute approximate surface area is 129 Å². The Bertz CT molecular complexity index is 548. The van der Waals surface area contributed by atoms with Crippen molar-refractivity contribution < 1.29 is 14.3 Å². The first-order chi connectivity index (χ1) is 10.0. The van der Waals surface area contributed by atoms with E-state index >= 15 is 0 Å². The molecule has 0 saturated carbocycles. The third-order valence-corrected chi connectivity index (χ3v) is 3.90. The Kier molecular flexibility index (Phi) is 5.07. The zero-order valence-electron chi connectivity index (χ0n) is 12.2. The van der Waals surface area contributed by atoms with Gasteiger partial charge in [-0.15, -0.1) is 0 Å². The van der Waals surface area contributed by atoms with Crippen LogP contribution in [0.4, 0.5) is 10.5 Å². The molecule has 0 aromatic heterocycles. The predicted octanol–water partition coefficient (Wildman–Crippen LogP) is 3.21. The number of rotatable bonds is 3. The van der Waals surface area contributed by atoms with Crippen molar-refractivity contribution in [3.63, 3.8) is 0 Å². The highest BCUT2D eigenvalue weighted by Crippen LogP contribution is 2.23. The van der Waals surface area contributed by atoms with Crippen molar-refractivity contribution in [1.82, 2.24) is 4.90 Å². The monoisotopic (exact) mass is 310 g/mol. The molecule has 1 aromatic carbocycles. The molecule has 0 aliphatic carbocycles. The van der Waals surface area contributed by atoms with E-state index in [-0.39, 0.29) is 12.0 Å². The lowest BCUT2D eigenvalue weighted by atomic mass is 10.2. The topological polar surface area (TPSA) is 58.6 Å². The SMILES string of the molecule is CCOC(=O)C1CCCN1C(=O)Nc1ccc(C)c(Cl)c1. The van der Waals surface area contributed by atoms with Crippen LogP contribution in [0.1, 0.15) is 25.3 Å². The van der Waals surface area contributed by atoms with Crippen LogP contribution in [0, 0.1) is 6.92 Å². The average Bonchev–Trinajstić information content (AvgIpc) is 2.92. The van der Waals surface area contributed by atoms with Gasteiger partial charge < -0.3 is 15.0 Å². The first kappa shape index (κ1) is 15.6. The lowest BCUT2D eigenvalue weighted by Crippen LogP contribution is -2.43. The van der Waals surface area contributed by atoms with Crippen molar-refractivity contribution in [2.24, 2.45) is 0 Å². The average molecular weight is 311 g/mol. The lowest BCUT2D eigenvalue weighted by molar-refractivity contribution is -0.147. The Morgan fingerprint density at radius 3 is 2.90 bits per heavy atom. The van der Waals surface area contributed by atoms with Gasteiger partial charge in [0.1, 0.15) is 6.04 Å². The number of nitrogens with zero attached hydrogens (tertiary/aromatic N) is 1. The quantitative estimate of drug-likeness (QED) is 0.872. The molecule has 5 nitrogen and oxygen atoms in total. The molecule has 0 spiro atoms. The summed E-state index contributed by atoms with van der Waals surface area (Å²) in [6, 6.07) is 4.53. The molecule has 1 aliphatic heterocycles. The van der Waals surface area contributed by atoms with Crippen LogP contribution < -0.4 is 5.32 Å². The van der Waals surface area contributed by atoms with Gasteiger partial charge in [-0.2, -0.15) is 0 Å². The van der Waals surface area contributed by atoms with E-state index in [1.807, 2.05) is 13.0 Å². The molecule has 1 aromatic rings. The minimum absolute atomic E-state index is 0.300. The highest BCUT2D eigenvalue weighted by molar-refractivity contribution is 6.31. The summed E-state index contributed by atoms with van der Waals surface area (Å²) in [7, 11) is 0. The number of urea groups is 1. The molecule has 114 valence electrons. The summed E-state index contributed by atoms with van der Waals surface area (Å²) in [6.07, 6.45) is 1.44. The second kappa shape index (κ2) is 6.80. The van der Waals surface area contributed by atoms with E-state index in [1.54, 1.807) is 19.1 Å². The first-order valence-corrected chi connectivity index (χ1v) is 7.41. The van der Waals surface area contributed by atoms with Crippen LogP contribution in [0.3, 0.4) is 0 Å². The first-order valence-electron chi connectivity index (χ1n) is 7.03. The van der Waals surface area contributed by atoms with Crippen LogP contribution in [0.15, 0.2) is 18.2 Å². The maximum Gasteiger partial charge on any atom is 0.328 e. The zero-order chi connectivity index (χ0) is 15.4. The molecule has 2 amide bonds. The van der Waals surface area contributed by atoms with Crippen LogP contribution in [0.2, 0.25) is 5.02 Å². The van der Waals surface area contributed by atoms with Gasteiger partial charge in [0.15, 0.2) is 0 Å². The highest BCUT2D eigenvalue weighted by Gasteiger charge is 2.35. The molecule has 1 atom stereocenters. The Morgan fingerprint density at radius 1 is 1.48 bits per heavy atom. The van der Waals surface area contributed by atoms with Crippen molar-refractivity contribution in [1.29, 1.82) is 0 Å². The number of carbonyl (C=O) groups excluding carboxylic acids is 2. The van der Waals surface area contributed by atoms with Crippen molar-refractivity contribution in [3.05, 3.63) is 28.8 Å². The van der Waals surface area contributed by atoms with Gasteiger partial charge >= 0.3 is 12.0 Å². The summed E-state index contributed by atoms with van der Waals surface area (Å²) >= 11 is 6.04. The van der Waals surface area contributed by atoms with Crippen LogP contribution in [0.5, 0.6) is 0 Å². The molecular weight excluding hydrogens is 292 g/mol. The van der Waals surface area contributed by atoms with Crippen molar-refractivity contribution in [3.8, 4) is 0 Å². The van der Waals surface area contributed by atoms with Crippen molar-refractivity contribution in [2.75, 3.05) is 18.5 Å². The molecule has 6 heteroatoms. The fourth-order valence-corrected chi connectivity index (χ4v) is 2.54. The maximum absolute atomic E-state index is 12.3. The highest BCUT2D eigenvalue weighted by atomic mass is 35.5. The molecule has 1 aliphatic rings. The number of nitrogens with one attached hydrogen (secondary N) is 1. The number of hydrogen-bond donors (Lipinski definition) is 1. The minimum atomic E-state index is -0.495. The van der Waals surface area contributed by atoms with E-state index in [1.165, 1.54) is 4.90 Å². The summed E-state index contributed by atoms with van der Waals surface area (Å²) in [6.45, 7) is 4.52. The van der Waals surface area contributed by atoms with Crippen LogP contribution >= 0.6 is 11.6 Å². The second-order valence-electron chi connectivity index (χ2n) is 5.00. The number of aryl methyl sites for hydroxylation is 1. The molecule has 0 radical (unpaired) electrons. The third-order valence-electron chi connectivity index (χ3n) is 3.50. The van der Waals surface area contributed by atoms with Crippen LogP contribution in [-0.4, -0.2) is 36.1 Å². The van der Waals surface area contributed by atoms with Gasteiger partial charge in [-0.05, 0) is 44.4 Å². The van der Waals surface area contributed by atoms with E-state index in [0.29, 0.717) is 30.3 Å². The molecule has 1 unspecified atom stereocenters.